The molecule has 1 aromatic carbocycles. The van der Waals surface area contributed by atoms with Crippen LogP contribution in [0, 0.1) is 11.3 Å². The van der Waals surface area contributed by atoms with Crippen LogP contribution in [0.1, 0.15) is 81.5 Å². The Balaban J connectivity index is 1.54. The van der Waals surface area contributed by atoms with E-state index in [9.17, 15) is 0 Å². The van der Waals surface area contributed by atoms with Gasteiger partial charge in [0.2, 0.25) is 0 Å². The largest absolute Gasteiger partial charge is 0.312 e. The molecule has 2 aromatic rings. The number of hydrogen-bond acceptors (Lipinski definition) is 2. The lowest BCUT2D eigenvalue weighted by molar-refractivity contribution is 0.0257. The molecule has 0 spiro atoms. The highest BCUT2D eigenvalue weighted by molar-refractivity contribution is 5.42. The van der Waals surface area contributed by atoms with E-state index in [-0.39, 0.29) is 0 Å². The van der Waals surface area contributed by atoms with Crippen molar-refractivity contribution in [1.82, 2.24) is 10.3 Å². The van der Waals surface area contributed by atoms with E-state index in [0.717, 1.165) is 19.0 Å². The highest BCUT2D eigenvalue weighted by Crippen LogP contribution is 2.57. The number of nitrogens with one attached hydrogen (secondary N) is 1. The highest BCUT2D eigenvalue weighted by atomic mass is 14.9. The Morgan fingerprint density at radius 3 is 2.79 bits per heavy atom. The zero-order chi connectivity index (χ0) is 19.8. The monoisotopic (exact) mass is 376 g/mol. The summed E-state index contributed by atoms with van der Waals surface area (Å²) in [6, 6.07) is 11.6. The molecule has 0 unspecified atom stereocenters. The quantitative estimate of drug-likeness (QED) is 0.692. The number of fused-ring (bicyclic) bond motifs is 3. The molecular weight excluding hydrogens is 340 g/mol. The van der Waals surface area contributed by atoms with E-state index in [0.29, 0.717) is 16.7 Å². The summed E-state index contributed by atoms with van der Waals surface area (Å²) in [4.78, 5) is 4.25. The molecule has 4 rings (SSSR count). The minimum atomic E-state index is 0.325. The van der Waals surface area contributed by atoms with E-state index in [4.69, 9.17) is 0 Å². The van der Waals surface area contributed by atoms with Crippen LogP contribution in [0.25, 0.3) is 0 Å². The number of benzene rings is 1. The molecule has 2 nitrogen and oxygen atoms in total. The van der Waals surface area contributed by atoms with Crippen molar-refractivity contribution >= 4 is 0 Å². The van der Waals surface area contributed by atoms with Crippen LogP contribution >= 0.6 is 0 Å². The zero-order valence-electron chi connectivity index (χ0n) is 18.1. The van der Waals surface area contributed by atoms with Crippen LogP contribution in [0.5, 0.6) is 0 Å². The summed E-state index contributed by atoms with van der Waals surface area (Å²) in [7, 11) is 0. The topological polar surface area (TPSA) is 24.9 Å². The molecule has 0 aliphatic heterocycles. The second-order valence-corrected chi connectivity index (χ2v) is 10.1. The third kappa shape index (κ3) is 3.52. The van der Waals surface area contributed by atoms with Gasteiger partial charge in [-0.05, 0) is 76.7 Å². The number of pyridine rings is 1. The van der Waals surface area contributed by atoms with Crippen molar-refractivity contribution in [2.75, 3.05) is 6.54 Å². The van der Waals surface area contributed by atoms with E-state index in [1.807, 2.05) is 18.5 Å². The fourth-order valence-electron chi connectivity index (χ4n) is 6.21. The Kier molecular flexibility index (Phi) is 5.35. The summed E-state index contributed by atoms with van der Waals surface area (Å²) in [6.45, 7) is 11.7. The van der Waals surface area contributed by atoms with Crippen LogP contribution in [-0.2, 0) is 18.4 Å². The van der Waals surface area contributed by atoms with Gasteiger partial charge in [0.15, 0.2) is 0 Å². The van der Waals surface area contributed by atoms with E-state index in [1.54, 1.807) is 11.1 Å². The fraction of sp³-hybridized carbons (Fsp3) is 0.577. The third-order valence-electron chi connectivity index (χ3n) is 7.75. The Hall–Kier alpha value is -1.67. The second kappa shape index (κ2) is 7.63. The van der Waals surface area contributed by atoms with E-state index in [1.165, 1.54) is 43.2 Å². The lowest BCUT2D eigenvalue weighted by Gasteiger charge is -2.55. The molecule has 0 saturated heterocycles. The molecule has 28 heavy (non-hydrogen) atoms. The standard InChI is InChI=1S/C26H36N2/c1-19(2)21-8-10-23-22(15-21)9-11-24-25(3,12-6-13-26(23,24)4)18-28-17-20-7-5-14-27-16-20/h5,7-8,10,14-16,19,24,28H,6,9,11-13,17-18H2,1-4H3/t24-,25-,26+/m1/s1. The van der Waals surface area contributed by atoms with Crippen LogP contribution in [-0.4, -0.2) is 11.5 Å². The zero-order valence-corrected chi connectivity index (χ0v) is 18.1. The van der Waals surface area contributed by atoms with E-state index < -0.39 is 0 Å². The maximum absolute atomic E-state index is 4.25. The summed E-state index contributed by atoms with van der Waals surface area (Å²) in [6.07, 6.45) is 10.4. The minimum absolute atomic E-state index is 0.325. The third-order valence-corrected chi connectivity index (χ3v) is 7.75. The van der Waals surface area contributed by atoms with Gasteiger partial charge in [-0.3, -0.25) is 4.98 Å². The first-order valence-corrected chi connectivity index (χ1v) is 11.2. The van der Waals surface area contributed by atoms with Crippen molar-refractivity contribution in [1.29, 1.82) is 0 Å². The van der Waals surface area contributed by atoms with Crippen LogP contribution < -0.4 is 5.32 Å². The maximum Gasteiger partial charge on any atom is 0.0312 e. The molecule has 2 aliphatic rings. The molecule has 2 aliphatic carbocycles. The van der Waals surface area contributed by atoms with Crippen LogP contribution in [0.4, 0.5) is 0 Å². The van der Waals surface area contributed by atoms with Crippen molar-refractivity contribution in [3.63, 3.8) is 0 Å². The summed E-state index contributed by atoms with van der Waals surface area (Å²) >= 11 is 0. The lowest BCUT2D eigenvalue weighted by atomic mass is 9.49. The van der Waals surface area contributed by atoms with Gasteiger partial charge in [-0.2, -0.15) is 0 Å². The molecule has 1 fully saturated rings. The van der Waals surface area contributed by atoms with Gasteiger partial charge in [-0.15, -0.1) is 0 Å². The number of aromatic nitrogens is 1. The molecule has 0 radical (unpaired) electrons. The average Bonchev–Trinajstić information content (AvgIpc) is 2.68. The molecule has 0 amide bonds. The van der Waals surface area contributed by atoms with Crippen molar-refractivity contribution in [2.24, 2.45) is 11.3 Å². The van der Waals surface area contributed by atoms with Crippen LogP contribution in [0.2, 0.25) is 0 Å². The minimum Gasteiger partial charge on any atom is -0.312 e. The molecule has 3 atom stereocenters. The first-order valence-electron chi connectivity index (χ1n) is 11.2. The Bertz CT molecular complexity index is 812. The van der Waals surface area contributed by atoms with Crippen molar-refractivity contribution < 1.29 is 0 Å². The molecule has 0 bridgehead atoms. The van der Waals surface area contributed by atoms with Gasteiger partial charge in [0.25, 0.3) is 0 Å². The van der Waals surface area contributed by atoms with Gasteiger partial charge in [0.05, 0.1) is 0 Å². The van der Waals surface area contributed by atoms with E-state index >= 15 is 0 Å². The SMILES string of the molecule is CC(C)c1ccc2c(c1)CC[C@@H]1[C@@](C)(CNCc3cccnc3)CCC[C@@]21C. The summed E-state index contributed by atoms with van der Waals surface area (Å²) in [5.74, 6) is 1.37. The first kappa shape index (κ1) is 19.6. The molecule has 1 saturated carbocycles. The first-order chi connectivity index (χ1) is 13.4. The molecule has 2 heteroatoms. The molecule has 1 heterocycles. The van der Waals surface area contributed by atoms with Gasteiger partial charge in [0.1, 0.15) is 0 Å². The van der Waals surface area contributed by atoms with Crippen LogP contribution in [0.15, 0.2) is 42.7 Å². The highest BCUT2D eigenvalue weighted by Gasteiger charge is 2.51. The Labute approximate surface area is 171 Å². The second-order valence-electron chi connectivity index (χ2n) is 10.1. The van der Waals surface area contributed by atoms with Gasteiger partial charge >= 0.3 is 0 Å². The van der Waals surface area contributed by atoms with Gasteiger partial charge < -0.3 is 5.32 Å². The Morgan fingerprint density at radius 1 is 1.18 bits per heavy atom. The maximum atomic E-state index is 4.25. The molecule has 1 aromatic heterocycles. The summed E-state index contributed by atoms with van der Waals surface area (Å²) < 4.78 is 0. The number of nitrogens with zero attached hydrogens (tertiary/aromatic N) is 1. The van der Waals surface area contributed by atoms with Gasteiger partial charge in [-0.25, -0.2) is 0 Å². The van der Waals surface area contributed by atoms with E-state index in [2.05, 4.69) is 62.3 Å². The predicted molar refractivity (Wildman–Crippen MR) is 118 cm³/mol. The van der Waals surface area contributed by atoms with Crippen molar-refractivity contribution in [2.45, 2.75) is 77.7 Å². The van der Waals surface area contributed by atoms with Crippen molar-refractivity contribution in [3.8, 4) is 0 Å². The van der Waals surface area contributed by atoms with Gasteiger partial charge in [-0.1, -0.05) is 58.4 Å². The van der Waals surface area contributed by atoms with Crippen LogP contribution in [0.3, 0.4) is 0 Å². The normalized spacial score (nSPS) is 29.4. The molecule has 1 N–H and O–H groups in total. The van der Waals surface area contributed by atoms with Gasteiger partial charge in [0, 0.05) is 25.5 Å². The molecular formula is C26H36N2. The molecule has 150 valence electrons. The fourth-order valence-corrected chi connectivity index (χ4v) is 6.21. The average molecular weight is 377 g/mol. The number of hydrogen-bond donors (Lipinski definition) is 1. The predicted octanol–water partition coefficient (Wildman–Crippen LogP) is 6.01. The Morgan fingerprint density at radius 2 is 2.04 bits per heavy atom. The lowest BCUT2D eigenvalue weighted by Crippen LogP contribution is -2.52. The van der Waals surface area contributed by atoms with Crippen molar-refractivity contribution in [3.05, 3.63) is 65.0 Å². The summed E-state index contributed by atoms with van der Waals surface area (Å²) in [5, 5.41) is 3.77. The number of rotatable bonds is 5. The number of aryl methyl sites for hydroxylation is 1. The smallest absolute Gasteiger partial charge is 0.0312 e. The summed E-state index contributed by atoms with van der Waals surface area (Å²) in [5.41, 5.74) is 6.73.